The molecule has 1 unspecified atom stereocenters. The van der Waals surface area contributed by atoms with E-state index in [1.165, 1.54) is 11.9 Å². The summed E-state index contributed by atoms with van der Waals surface area (Å²) in [6.45, 7) is 5.77. The van der Waals surface area contributed by atoms with Crippen LogP contribution in [0.1, 0.15) is 25.3 Å². The molecular formula is C16H22N4O. The van der Waals surface area contributed by atoms with Gasteiger partial charge < -0.3 is 15.4 Å². The molecule has 0 fully saturated rings. The Morgan fingerprint density at radius 1 is 1.10 bits per heavy atom. The summed E-state index contributed by atoms with van der Waals surface area (Å²) in [5.41, 5.74) is 1.30. The summed E-state index contributed by atoms with van der Waals surface area (Å²) in [5, 5.41) is 6.52. The van der Waals surface area contributed by atoms with Crippen molar-refractivity contribution < 1.29 is 4.74 Å². The van der Waals surface area contributed by atoms with E-state index in [2.05, 4.69) is 51.8 Å². The van der Waals surface area contributed by atoms with Gasteiger partial charge in [-0.15, -0.1) is 0 Å². The molecule has 0 aliphatic rings. The first-order valence-electron chi connectivity index (χ1n) is 7.18. The summed E-state index contributed by atoms with van der Waals surface area (Å²) in [7, 11) is 1.63. The minimum atomic E-state index is 0.383. The number of nitrogens with zero attached hydrogens (tertiary/aromatic N) is 2. The van der Waals surface area contributed by atoms with Gasteiger partial charge in [0.1, 0.15) is 6.33 Å². The van der Waals surface area contributed by atoms with E-state index in [1.54, 1.807) is 7.11 Å². The number of rotatable bonds is 7. The Kier molecular flexibility index (Phi) is 5.37. The van der Waals surface area contributed by atoms with Gasteiger partial charge in [-0.3, -0.25) is 0 Å². The molecule has 2 rings (SSSR count). The van der Waals surface area contributed by atoms with Crippen molar-refractivity contribution in [3.05, 3.63) is 42.2 Å². The second-order valence-corrected chi connectivity index (χ2v) is 4.83. The quantitative estimate of drug-likeness (QED) is 0.819. The van der Waals surface area contributed by atoms with E-state index < -0.39 is 0 Å². The first kappa shape index (κ1) is 15.1. The lowest BCUT2D eigenvalue weighted by Crippen LogP contribution is -2.13. The van der Waals surface area contributed by atoms with Gasteiger partial charge in [0.05, 0.1) is 7.11 Å². The van der Waals surface area contributed by atoms with Gasteiger partial charge in [0.15, 0.2) is 11.6 Å². The Labute approximate surface area is 125 Å². The van der Waals surface area contributed by atoms with Crippen LogP contribution in [0.4, 0.5) is 11.6 Å². The summed E-state index contributed by atoms with van der Waals surface area (Å²) >= 11 is 0. The maximum Gasteiger partial charge on any atom is 0.204 e. The fourth-order valence-corrected chi connectivity index (χ4v) is 2.14. The highest BCUT2D eigenvalue weighted by molar-refractivity contribution is 5.63. The Morgan fingerprint density at radius 3 is 2.38 bits per heavy atom. The molecule has 0 bridgehead atoms. The molecule has 0 spiro atoms. The fraction of sp³-hybridized carbons (Fsp3) is 0.375. The molecule has 2 aromatic rings. The van der Waals surface area contributed by atoms with Gasteiger partial charge in [0, 0.05) is 13.1 Å². The van der Waals surface area contributed by atoms with Crippen molar-refractivity contribution in [1.29, 1.82) is 0 Å². The maximum atomic E-state index is 5.42. The van der Waals surface area contributed by atoms with Gasteiger partial charge in [0.2, 0.25) is 5.75 Å². The Balaban J connectivity index is 2.07. The van der Waals surface area contributed by atoms with Crippen LogP contribution in [-0.2, 0) is 0 Å². The molecular weight excluding hydrogens is 264 g/mol. The van der Waals surface area contributed by atoms with Gasteiger partial charge in [-0.1, -0.05) is 37.3 Å². The first-order valence-corrected chi connectivity index (χ1v) is 7.18. The van der Waals surface area contributed by atoms with Crippen molar-refractivity contribution in [2.24, 2.45) is 0 Å². The largest absolute Gasteiger partial charge is 0.490 e. The van der Waals surface area contributed by atoms with Gasteiger partial charge in [-0.05, 0) is 18.4 Å². The van der Waals surface area contributed by atoms with E-state index in [1.807, 2.05) is 13.0 Å². The third-order valence-corrected chi connectivity index (χ3v) is 3.30. The van der Waals surface area contributed by atoms with Gasteiger partial charge in [0.25, 0.3) is 0 Å². The number of nitrogens with one attached hydrogen (secondary N) is 2. The minimum absolute atomic E-state index is 0.383. The lowest BCUT2D eigenvalue weighted by Gasteiger charge is -2.16. The van der Waals surface area contributed by atoms with E-state index in [4.69, 9.17) is 4.74 Å². The lowest BCUT2D eigenvalue weighted by atomic mass is 10.0. The van der Waals surface area contributed by atoms with Gasteiger partial charge in [-0.25, -0.2) is 9.97 Å². The van der Waals surface area contributed by atoms with E-state index in [0.29, 0.717) is 23.3 Å². The number of methoxy groups -OCH3 is 1. The molecule has 0 radical (unpaired) electrons. The zero-order chi connectivity index (χ0) is 15.1. The molecule has 0 saturated heterocycles. The smallest absolute Gasteiger partial charge is 0.204 e. The van der Waals surface area contributed by atoms with Crippen molar-refractivity contribution in [2.45, 2.75) is 19.8 Å². The van der Waals surface area contributed by atoms with Crippen LogP contribution < -0.4 is 15.4 Å². The molecule has 0 aliphatic carbocycles. The molecule has 1 aromatic heterocycles. The molecule has 2 N–H and O–H groups in total. The molecule has 5 nitrogen and oxygen atoms in total. The number of anilines is 2. The zero-order valence-electron chi connectivity index (χ0n) is 12.8. The third-order valence-electron chi connectivity index (χ3n) is 3.30. The monoisotopic (exact) mass is 286 g/mol. The van der Waals surface area contributed by atoms with Crippen LogP contribution >= 0.6 is 0 Å². The fourth-order valence-electron chi connectivity index (χ4n) is 2.14. The predicted molar refractivity (Wildman–Crippen MR) is 86.1 cm³/mol. The molecule has 21 heavy (non-hydrogen) atoms. The number of hydrogen-bond donors (Lipinski definition) is 2. The van der Waals surface area contributed by atoms with Crippen LogP contribution in [0.2, 0.25) is 0 Å². The summed E-state index contributed by atoms with van der Waals surface area (Å²) < 4.78 is 5.42. The average molecular weight is 286 g/mol. The third kappa shape index (κ3) is 3.84. The molecule has 5 heteroatoms. The zero-order valence-corrected chi connectivity index (χ0v) is 12.8. The SMILES string of the molecule is CCNc1ncnc(NCC(C)c2ccccc2)c1OC. The molecule has 112 valence electrons. The van der Waals surface area contributed by atoms with Crippen LogP contribution in [0.5, 0.6) is 5.75 Å². The summed E-state index contributed by atoms with van der Waals surface area (Å²) in [4.78, 5) is 8.47. The molecule has 0 saturated carbocycles. The van der Waals surface area contributed by atoms with Crippen molar-refractivity contribution >= 4 is 11.6 Å². The molecule has 0 amide bonds. The van der Waals surface area contributed by atoms with Crippen molar-refractivity contribution in [3.8, 4) is 5.75 Å². The second-order valence-electron chi connectivity index (χ2n) is 4.83. The standard InChI is InChI=1S/C16H22N4O/c1-4-17-15-14(21-3)16(20-11-19-15)18-10-12(2)13-8-6-5-7-9-13/h5-9,11-12H,4,10H2,1-3H3,(H2,17,18,19,20). The Morgan fingerprint density at radius 2 is 1.76 bits per heavy atom. The predicted octanol–water partition coefficient (Wildman–Crippen LogP) is 3.13. The van der Waals surface area contributed by atoms with Crippen LogP contribution in [0.15, 0.2) is 36.7 Å². The van der Waals surface area contributed by atoms with Crippen LogP contribution in [0.3, 0.4) is 0 Å². The van der Waals surface area contributed by atoms with Crippen molar-refractivity contribution in [2.75, 3.05) is 30.8 Å². The second kappa shape index (κ2) is 7.47. The van der Waals surface area contributed by atoms with Crippen molar-refractivity contribution in [3.63, 3.8) is 0 Å². The number of hydrogen-bond acceptors (Lipinski definition) is 5. The topological polar surface area (TPSA) is 59.1 Å². The number of ether oxygens (including phenoxy) is 1. The van der Waals surface area contributed by atoms with Crippen LogP contribution in [0.25, 0.3) is 0 Å². The first-order chi connectivity index (χ1) is 10.3. The van der Waals surface area contributed by atoms with Crippen LogP contribution in [-0.4, -0.2) is 30.2 Å². The summed E-state index contributed by atoms with van der Waals surface area (Å²) in [6, 6.07) is 10.4. The van der Waals surface area contributed by atoms with Gasteiger partial charge in [-0.2, -0.15) is 0 Å². The van der Waals surface area contributed by atoms with Crippen LogP contribution in [0, 0.1) is 0 Å². The van der Waals surface area contributed by atoms with Crippen molar-refractivity contribution in [1.82, 2.24) is 9.97 Å². The minimum Gasteiger partial charge on any atom is -0.490 e. The van der Waals surface area contributed by atoms with E-state index in [-0.39, 0.29) is 0 Å². The molecule has 0 aliphatic heterocycles. The Hall–Kier alpha value is -2.30. The van der Waals surface area contributed by atoms with Gasteiger partial charge >= 0.3 is 0 Å². The number of aromatic nitrogens is 2. The Bertz CT molecular complexity index is 559. The summed E-state index contributed by atoms with van der Waals surface area (Å²) in [5.74, 6) is 2.46. The van der Waals surface area contributed by atoms with E-state index in [9.17, 15) is 0 Å². The molecule has 1 heterocycles. The van der Waals surface area contributed by atoms with E-state index in [0.717, 1.165) is 13.1 Å². The lowest BCUT2D eigenvalue weighted by molar-refractivity contribution is 0.414. The number of benzene rings is 1. The highest BCUT2D eigenvalue weighted by Crippen LogP contribution is 2.29. The molecule has 1 aromatic carbocycles. The average Bonchev–Trinajstić information content (AvgIpc) is 2.54. The van der Waals surface area contributed by atoms with E-state index >= 15 is 0 Å². The molecule has 1 atom stereocenters. The maximum absolute atomic E-state index is 5.42. The highest BCUT2D eigenvalue weighted by Gasteiger charge is 2.12. The normalized spacial score (nSPS) is 11.8. The highest BCUT2D eigenvalue weighted by atomic mass is 16.5. The summed E-state index contributed by atoms with van der Waals surface area (Å²) in [6.07, 6.45) is 1.54.